The summed E-state index contributed by atoms with van der Waals surface area (Å²) in [7, 11) is 0. The van der Waals surface area contributed by atoms with Crippen molar-refractivity contribution in [3.8, 4) is 0 Å². The van der Waals surface area contributed by atoms with Crippen molar-refractivity contribution in [3.63, 3.8) is 0 Å². The van der Waals surface area contributed by atoms with Gasteiger partial charge in [0.2, 0.25) is 0 Å². The zero-order valence-electron chi connectivity index (χ0n) is 8.26. The maximum Gasteiger partial charge on any atom is 0.0523 e. The maximum atomic E-state index is 5.56. The maximum absolute atomic E-state index is 5.56. The quantitative estimate of drug-likeness (QED) is 0.503. The van der Waals surface area contributed by atoms with Gasteiger partial charge in [0.1, 0.15) is 0 Å². The molecule has 0 aromatic carbocycles. The lowest BCUT2D eigenvalue weighted by Gasteiger charge is -2.26. The molecule has 2 nitrogen and oxygen atoms in total. The van der Waals surface area contributed by atoms with Crippen molar-refractivity contribution in [2.24, 2.45) is 11.3 Å². The summed E-state index contributed by atoms with van der Waals surface area (Å²) in [5.41, 5.74) is 0.541. The number of halogens is 1. The molecule has 0 aromatic rings. The third-order valence-electron chi connectivity index (χ3n) is 3.36. The highest BCUT2D eigenvalue weighted by Crippen LogP contribution is 2.41. The Labute approximate surface area is 94.5 Å². The third kappa shape index (κ3) is 2.36. The molecule has 2 aliphatic heterocycles. The van der Waals surface area contributed by atoms with Crippen LogP contribution >= 0.6 is 22.9 Å². The fraction of sp³-hybridized carbons (Fsp3) is 1.00. The first-order valence-electron chi connectivity index (χ1n) is 5.19. The number of hydrogen-bond donors (Lipinski definition) is 0. The van der Waals surface area contributed by atoms with E-state index >= 15 is 0 Å². The molecule has 2 fully saturated rings. The molecule has 0 aliphatic carbocycles. The van der Waals surface area contributed by atoms with Crippen molar-refractivity contribution >= 4 is 22.9 Å². The molecular formula is C10H18INO. The summed E-state index contributed by atoms with van der Waals surface area (Å²) < 4.78 is 8.00. The van der Waals surface area contributed by atoms with Crippen molar-refractivity contribution in [1.29, 1.82) is 0 Å². The second-order valence-electron chi connectivity index (χ2n) is 4.73. The highest BCUT2D eigenvalue weighted by Gasteiger charge is 2.38. The topological polar surface area (TPSA) is 12.5 Å². The molecule has 1 spiro atoms. The molecule has 2 atom stereocenters. The Hall–Kier alpha value is 0.650. The van der Waals surface area contributed by atoms with Gasteiger partial charge in [0, 0.05) is 42.6 Å². The van der Waals surface area contributed by atoms with Crippen LogP contribution in [-0.4, -0.2) is 29.4 Å². The van der Waals surface area contributed by atoms with Crippen molar-refractivity contribution in [1.82, 2.24) is 3.11 Å². The molecule has 76 valence electrons. The average molecular weight is 295 g/mol. The van der Waals surface area contributed by atoms with E-state index in [1.165, 1.54) is 32.4 Å². The van der Waals surface area contributed by atoms with E-state index in [1.54, 1.807) is 0 Å². The van der Waals surface area contributed by atoms with Crippen molar-refractivity contribution in [2.75, 3.05) is 26.3 Å². The van der Waals surface area contributed by atoms with Crippen LogP contribution in [0.15, 0.2) is 0 Å². The molecule has 2 unspecified atom stereocenters. The van der Waals surface area contributed by atoms with Crippen molar-refractivity contribution in [3.05, 3.63) is 0 Å². The number of rotatable bonds is 0. The van der Waals surface area contributed by atoms with Gasteiger partial charge in [0.15, 0.2) is 0 Å². The molecule has 2 saturated heterocycles. The van der Waals surface area contributed by atoms with Gasteiger partial charge in [-0.15, -0.1) is 0 Å². The molecule has 0 N–H and O–H groups in total. The SMILES string of the molecule is CC1CN(I)CCC2(CCOC2)C1. The Kier molecular flexibility index (Phi) is 3.15. The molecule has 0 aromatic heterocycles. The molecule has 0 bridgehead atoms. The zero-order chi connectivity index (χ0) is 9.31. The van der Waals surface area contributed by atoms with Gasteiger partial charge in [-0.25, -0.2) is 3.11 Å². The molecule has 2 aliphatic rings. The van der Waals surface area contributed by atoms with E-state index in [1.807, 2.05) is 0 Å². The van der Waals surface area contributed by atoms with Crippen LogP contribution in [0.1, 0.15) is 26.2 Å². The lowest BCUT2D eigenvalue weighted by Crippen LogP contribution is -2.23. The Balaban J connectivity index is 2.03. The van der Waals surface area contributed by atoms with Gasteiger partial charge in [0.25, 0.3) is 0 Å². The minimum atomic E-state index is 0.541. The van der Waals surface area contributed by atoms with E-state index in [-0.39, 0.29) is 0 Å². The highest BCUT2D eigenvalue weighted by atomic mass is 127. The summed E-state index contributed by atoms with van der Waals surface area (Å²) in [6, 6.07) is 0. The van der Waals surface area contributed by atoms with E-state index in [0.29, 0.717) is 5.41 Å². The summed E-state index contributed by atoms with van der Waals surface area (Å²) >= 11 is 2.46. The second kappa shape index (κ2) is 4.03. The van der Waals surface area contributed by atoms with Crippen LogP contribution in [-0.2, 0) is 4.74 Å². The molecule has 13 heavy (non-hydrogen) atoms. The molecule has 0 saturated carbocycles. The van der Waals surface area contributed by atoms with E-state index in [9.17, 15) is 0 Å². The first-order valence-corrected chi connectivity index (χ1v) is 6.15. The summed E-state index contributed by atoms with van der Waals surface area (Å²) in [6.45, 7) is 6.88. The summed E-state index contributed by atoms with van der Waals surface area (Å²) in [4.78, 5) is 0. The van der Waals surface area contributed by atoms with Gasteiger partial charge in [-0.05, 0) is 30.6 Å². The largest absolute Gasteiger partial charge is 0.381 e. The Bertz CT molecular complexity index is 180. The second-order valence-corrected chi connectivity index (χ2v) is 6.10. The number of ether oxygens (including phenoxy) is 1. The molecule has 0 radical (unpaired) electrons. The summed E-state index contributed by atoms with van der Waals surface area (Å²) in [6.07, 6.45) is 3.99. The van der Waals surface area contributed by atoms with Crippen LogP contribution in [0.25, 0.3) is 0 Å². The standard InChI is InChI=1S/C10H18INO/c1-9-6-10(3-5-13-8-10)2-4-12(11)7-9/h9H,2-8H2,1H3. The summed E-state index contributed by atoms with van der Waals surface area (Å²) in [5, 5.41) is 0. The van der Waals surface area contributed by atoms with Crippen LogP contribution in [0.2, 0.25) is 0 Å². The first-order chi connectivity index (χ1) is 6.20. The third-order valence-corrected chi connectivity index (χ3v) is 4.24. The number of nitrogens with zero attached hydrogens (tertiary/aromatic N) is 1. The van der Waals surface area contributed by atoms with Crippen LogP contribution < -0.4 is 0 Å². The van der Waals surface area contributed by atoms with E-state index in [4.69, 9.17) is 4.74 Å². The normalized spacial score (nSPS) is 42.5. The van der Waals surface area contributed by atoms with Crippen LogP contribution in [0.5, 0.6) is 0 Å². The average Bonchev–Trinajstić information content (AvgIpc) is 2.44. The van der Waals surface area contributed by atoms with E-state index < -0.39 is 0 Å². The Morgan fingerprint density at radius 2 is 2.31 bits per heavy atom. The molecule has 0 amide bonds. The zero-order valence-corrected chi connectivity index (χ0v) is 10.4. The smallest absolute Gasteiger partial charge is 0.0523 e. The van der Waals surface area contributed by atoms with Crippen LogP contribution in [0.3, 0.4) is 0 Å². The van der Waals surface area contributed by atoms with Gasteiger partial charge in [-0.1, -0.05) is 6.92 Å². The monoisotopic (exact) mass is 295 g/mol. The molecule has 3 heteroatoms. The van der Waals surface area contributed by atoms with Crippen molar-refractivity contribution in [2.45, 2.75) is 26.2 Å². The van der Waals surface area contributed by atoms with Crippen LogP contribution in [0, 0.1) is 11.3 Å². The summed E-state index contributed by atoms with van der Waals surface area (Å²) in [5.74, 6) is 0.834. The lowest BCUT2D eigenvalue weighted by molar-refractivity contribution is 0.135. The van der Waals surface area contributed by atoms with Gasteiger partial charge in [-0.3, -0.25) is 0 Å². The van der Waals surface area contributed by atoms with Crippen molar-refractivity contribution < 1.29 is 4.74 Å². The number of hydrogen-bond acceptors (Lipinski definition) is 2. The predicted molar refractivity (Wildman–Crippen MR) is 61.9 cm³/mol. The van der Waals surface area contributed by atoms with Gasteiger partial charge < -0.3 is 4.74 Å². The minimum absolute atomic E-state index is 0.541. The van der Waals surface area contributed by atoms with E-state index in [0.717, 1.165) is 19.1 Å². The van der Waals surface area contributed by atoms with Crippen LogP contribution in [0.4, 0.5) is 0 Å². The van der Waals surface area contributed by atoms with E-state index in [2.05, 4.69) is 32.9 Å². The first kappa shape index (κ1) is 10.2. The Morgan fingerprint density at radius 1 is 1.46 bits per heavy atom. The van der Waals surface area contributed by atoms with Gasteiger partial charge >= 0.3 is 0 Å². The molecule has 2 rings (SSSR count). The fourth-order valence-electron chi connectivity index (χ4n) is 2.70. The predicted octanol–water partition coefficient (Wildman–Crippen LogP) is 2.48. The van der Waals surface area contributed by atoms with Gasteiger partial charge in [0.05, 0.1) is 6.61 Å². The molecule has 2 heterocycles. The van der Waals surface area contributed by atoms with Gasteiger partial charge in [-0.2, -0.15) is 0 Å². The lowest BCUT2D eigenvalue weighted by atomic mass is 9.77. The molecular weight excluding hydrogens is 277 g/mol. The minimum Gasteiger partial charge on any atom is -0.381 e. The fourth-order valence-corrected chi connectivity index (χ4v) is 3.62. The highest BCUT2D eigenvalue weighted by molar-refractivity contribution is 14.1. The Morgan fingerprint density at radius 3 is 3.00 bits per heavy atom.